The van der Waals surface area contributed by atoms with E-state index in [4.69, 9.17) is 0 Å². The fourth-order valence-corrected chi connectivity index (χ4v) is 1.44. The molecule has 5 heteroatoms. The summed E-state index contributed by atoms with van der Waals surface area (Å²) >= 11 is 0. The summed E-state index contributed by atoms with van der Waals surface area (Å²) < 4.78 is 1.57. The van der Waals surface area contributed by atoms with Crippen molar-refractivity contribution in [2.75, 3.05) is 0 Å². The Labute approximate surface area is 79.3 Å². The van der Waals surface area contributed by atoms with Gasteiger partial charge in [-0.3, -0.25) is 10.1 Å². The van der Waals surface area contributed by atoms with Gasteiger partial charge < -0.3 is 9.67 Å². The number of rotatable bonds is 1. The second kappa shape index (κ2) is 2.73. The van der Waals surface area contributed by atoms with Gasteiger partial charge in [-0.15, -0.1) is 0 Å². The van der Waals surface area contributed by atoms with Crippen LogP contribution in [0.4, 0.5) is 5.69 Å². The maximum Gasteiger partial charge on any atom is 0.270 e. The zero-order valence-corrected chi connectivity index (χ0v) is 7.47. The molecule has 0 unspecified atom stereocenters. The fraction of sp³-hybridized carbons (Fsp3) is 0.111. The van der Waals surface area contributed by atoms with Gasteiger partial charge in [0.1, 0.15) is 0 Å². The molecule has 0 spiro atoms. The normalized spacial score (nSPS) is 10.6. The third-order valence-electron chi connectivity index (χ3n) is 2.21. The molecule has 0 amide bonds. The van der Waals surface area contributed by atoms with Gasteiger partial charge >= 0.3 is 0 Å². The van der Waals surface area contributed by atoms with Gasteiger partial charge in [-0.2, -0.15) is 0 Å². The average Bonchev–Trinajstić information content (AvgIpc) is 2.42. The Hall–Kier alpha value is -2.04. The lowest BCUT2D eigenvalue weighted by Crippen LogP contribution is -1.88. The molecule has 1 aromatic carbocycles. The molecule has 1 heterocycles. The number of aromatic hydroxyl groups is 1. The summed E-state index contributed by atoms with van der Waals surface area (Å²) in [5.74, 6) is 0.0977. The second-order valence-electron chi connectivity index (χ2n) is 3.06. The first-order valence-electron chi connectivity index (χ1n) is 4.02. The summed E-state index contributed by atoms with van der Waals surface area (Å²) in [6.07, 6.45) is 0. The lowest BCUT2D eigenvalue weighted by Gasteiger charge is -1.96. The Morgan fingerprint density at radius 1 is 1.43 bits per heavy atom. The fourth-order valence-electron chi connectivity index (χ4n) is 1.44. The molecule has 14 heavy (non-hydrogen) atoms. The average molecular weight is 192 g/mol. The van der Waals surface area contributed by atoms with Gasteiger partial charge in [-0.25, -0.2) is 0 Å². The van der Waals surface area contributed by atoms with Crippen LogP contribution in [0.5, 0.6) is 5.88 Å². The van der Waals surface area contributed by atoms with E-state index in [-0.39, 0.29) is 11.6 Å². The van der Waals surface area contributed by atoms with Crippen LogP contribution in [0, 0.1) is 10.1 Å². The number of fused-ring (bicyclic) bond motifs is 1. The number of nitro benzene ring substituents is 1. The summed E-state index contributed by atoms with van der Waals surface area (Å²) in [7, 11) is 1.70. The number of hydrogen-bond donors (Lipinski definition) is 1. The monoisotopic (exact) mass is 192 g/mol. The molecule has 0 saturated heterocycles. The number of aromatic nitrogens is 1. The Bertz CT molecular complexity index is 516. The van der Waals surface area contributed by atoms with Gasteiger partial charge in [0.2, 0.25) is 0 Å². The standard InChI is InChI=1S/C9H8N2O3/c1-10-8-3-2-7(11(13)14)4-6(8)5-9(10)12/h2-5,12H,1H3. The first-order valence-corrected chi connectivity index (χ1v) is 4.02. The van der Waals surface area contributed by atoms with Crippen molar-refractivity contribution in [3.63, 3.8) is 0 Å². The summed E-state index contributed by atoms with van der Waals surface area (Å²) in [6, 6.07) is 5.98. The van der Waals surface area contributed by atoms with E-state index in [1.807, 2.05) is 0 Å². The maximum absolute atomic E-state index is 10.5. The minimum atomic E-state index is -0.455. The highest BCUT2D eigenvalue weighted by molar-refractivity contribution is 5.84. The highest BCUT2D eigenvalue weighted by atomic mass is 16.6. The largest absolute Gasteiger partial charge is 0.494 e. The molecule has 0 saturated carbocycles. The molecule has 0 atom stereocenters. The van der Waals surface area contributed by atoms with Crippen LogP contribution in [0.3, 0.4) is 0 Å². The van der Waals surface area contributed by atoms with Crippen LogP contribution >= 0.6 is 0 Å². The Morgan fingerprint density at radius 2 is 2.14 bits per heavy atom. The maximum atomic E-state index is 10.5. The predicted molar refractivity (Wildman–Crippen MR) is 51.2 cm³/mol. The highest BCUT2D eigenvalue weighted by Gasteiger charge is 2.09. The van der Waals surface area contributed by atoms with Crippen LogP contribution < -0.4 is 0 Å². The van der Waals surface area contributed by atoms with Crippen molar-refractivity contribution < 1.29 is 10.0 Å². The molecule has 0 radical (unpaired) electrons. The van der Waals surface area contributed by atoms with Gasteiger partial charge in [0.15, 0.2) is 5.88 Å². The van der Waals surface area contributed by atoms with Gasteiger partial charge in [-0.1, -0.05) is 0 Å². The van der Waals surface area contributed by atoms with Crippen LogP contribution in [0.1, 0.15) is 0 Å². The Morgan fingerprint density at radius 3 is 2.79 bits per heavy atom. The smallest absolute Gasteiger partial charge is 0.270 e. The van der Waals surface area contributed by atoms with Crippen LogP contribution in [0.15, 0.2) is 24.3 Å². The molecule has 0 aliphatic carbocycles. The summed E-state index contributed by atoms with van der Waals surface area (Å²) in [5, 5.41) is 20.5. The Balaban J connectivity index is 2.73. The molecule has 0 aliphatic rings. The van der Waals surface area contributed by atoms with E-state index < -0.39 is 4.92 Å². The van der Waals surface area contributed by atoms with Crippen molar-refractivity contribution in [3.8, 4) is 5.88 Å². The number of nitro groups is 1. The number of nitrogens with zero attached hydrogens (tertiary/aromatic N) is 2. The number of benzene rings is 1. The first kappa shape index (κ1) is 8.55. The van der Waals surface area contributed by atoms with Crippen LogP contribution in [-0.2, 0) is 7.05 Å². The summed E-state index contributed by atoms with van der Waals surface area (Å²) in [4.78, 5) is 10.0. The molecule has 1 aromatic heterocycles. The molecule has 0 bridgehead atoms. The summed E-state index contributed by atoms with van der Waals surface area (Å²) in [5.41, 5.74) is 0.802. The predicted octanol–water partition coefficient (Wildman–Crippen LogP) is 1.79. The van der Waals surface area contributed by atoms with E-state index in [9.17, 15) is 15.2 Å². The number of aryl methyl sites for hydroxylation is 1. The third-order valence-corrected chi connectivity index (χ3v) is 2.21. The van der Waals surface area contributed by atoms with Gasteiger partial charge in [0.05, 0.1) is 10.4 Å². The summed E-state index contributed by atoms with van der Waals surface area (Å²) in [6.45, 7) is 0. The zero-order valence-electron chi connectivity index (χ0n) is 7.47. The molecular formula is C9H8N2O3. The van der Waals surface area contributed by atoms with Crippen molar-refractivity contribution in [1.29, 1.82) is 0 Å². The van der Waals surface area contributed by atoms with Crippen LogP contribution in [-0.4, -0.2) is 14.6 Å². The van der Waals surface area contributed by atoms with Crippen molar-refractivity contribution in [3.05, 3.63) is 34.4 Å². The van der Waals surface area contributed by atoms with E-state index in [1.54, 1.807) is 17.7 Å². The third kappa shape index (κ3) is 1.10. The number of non-ortho nitro benzene ring substituents is 1. The van der Waals surface area contributed by atoms with E-state index in [2.05, 4.69) is 0 Å². The Kier molecular flexibility index (Phi) is 1.67. The van der Waals surface area contributed by atoms with Gasteiger partial charge in [0, 0.05) is 30.6 Å². The molecule has 2 rings (SSSR count). The lowest BCUT2D eigenvalue weighted by molar-refractivity contribution is -0.384. The van der Waals surface area contributed by atoms with Gasteiger partial charge in [-0.05, 0) is 6.07 Å². The molecule has 0 aliphatic heterocycles. The van der Waals surface area contributed by atoms with Gasteiger partial charge in [0.25, 0.3) is 5.69 Å². The molecule has 0 fully saturated rings. The second-order valence-corrected chi connectivity index (χ2v) is 3.06. The molecule has 5 nitrogen and oxygen atoms in total. The molecular weight excluding hydrogens is 184 g/mol. The van der Waals surface area contributed by atoms with Crippen LogP contribution in [0.2, 0.25) is 0 Å². The van der Waals surface area contributed by atoms with E-state index in [1.165, 1.54) is 18.2 Å². The van der Waals surface area contributed by atoms with Crippen LogP contribution in [0.25, 0.3) is 10.9 Å². The molecule has 72 valence electrons. The van der Waals surface area contributed by atoms with Crippen molar-refractivity contribution in [1.82, 2.24) is 4.57 Å². The van der Waals surface area contributed by atoms with Crippen molar-refractivity contribution in [2.24, 2.45) is 7.05 Å². The molecule has 2 aromatic rings. The zero-order chi connectivity index (χ0) is 10.3. The first-order chi connectivity index (χ1) is 6.59. The minimum absolute atomic E-state index is 0.0306. The number of hydrogen-bond acceptors (Lipinski definition) is 3. The van der Waals surface area contributed by atoms with E-state index in [0.29, 0.717) is 5.39 Å². The molecule has 1 N–H and O–H groups in total. The SMILES string of the molecule is Cn1c(O)cc2cc([N+](=O)[O-])ccc21. The minimum Gasteiger partial charge on any atom is -0.494 e. The van der Waals surface area contributed by atoms with Crippen molar-refractivity contribution in [2.45, 2.75) is 0 Å². The van der Waals surface area contributed by atoms with E-state index >= 15 is 0 Å². The van der Waals surface area contributed by atoms with Crippen molar-refractivity contribution >= 4 is 16.6 Å². The quantitative estimate of drug-likeness (QED) is 0.553. The highest BCUT2D eigenvalue weighted by Crippen LogP contribution is 2.26. The van der Waals surface area contributed by atoms with E-state index in [0.717, 1.165) is 5.52 Å². The lowest BCUT2D eigenvalue weighted by atomic mass is 10.2. The topological polar surface area (TPSA) is 68.3 Å².